The molecule has 0 spiro atoms. The Balaban J connectivity index is 1.35. The molecular formula is C20H25N7O3S. The summed E-state index contributed by atoms with van der Waals surface area (Å²) in [6.07, 6.45) is 3.42. The Morgan fingerprint density at radius 2 is 1.84 bits per heavy atom. The Hall–Kier alpha value is -3.02. The summed E-state index contributed by atoms with van der Waals surface area (Å²) in [5.74, 6) is 0.860. The zero-order chi connectivity index (χ0) is 22.0. The van der Waals surface area contributed by atoms with Crippen LogP contribution in [-0.2, 0) is 14.8 Å². The Morgan fingerprint density at radius 3 is 2.52 bits per heavy atom. The molecule has 1 saturated heterocycles. The monoisotopic (exact) mass is 443 g/mol. The highest BCUT2D eigenvalue weighted by Crippen LogP contribution is 2.23. The first kappa shape index (κ1) is 21.2. The van der Waals surface area contributed by atoms with Crippen LogP contribution in [0, 0.1) is 0 Å². The number of hydrogen-bond donors (Lipinski definition) is 2. The Morgan fingerprint density at radius 1 is 1.13 bits per heavy atom. The summed E-state index contributed by atoms with van der Waals surface area (Å²) < 4.78 is 26.0. The molecule has 0 aliphatic carbocycles. The average Bonchev–Trinajstić information content (AvgIpc) is 3.28. The predicted molar refractivity (Wildman–Crippen MR) is 119 cm³/mol. The summed E-state index contributed by atoms with van der Waals surface area (Å²) in [6, 6.07) is 8.23. The first-order valence-corrected chi connectivity index (χ1v) is 11.4. The topological polar surface area (TPSA) is 115 Å². The standard InChI is InChI=1S/C20H25N7O3S/c1-21-31(29,30)16-5-3-15(4-6-16)25(2)18(28)13-26-9-11-27(12-10-26)20-17-7-8-22-19(17)23-14-24-20/h3-8,14,21H,9-13H2,1-2H3,(H,22,23,24). The molecular weight excluding hydrogens is 418 g/mol. The lowest BCUT2D eigenvalue weighted by molar-refractivity contribution is -0.119. The van der Waals surface area contributed by atoms with Crippen LogP contribution < -0.4 is 14.5 Å². The number of rotatable bonds is 6. The van der Waals surface area contributed by atoms with Gasteiger partial charge in [0.05, 0.1) is 16.8 Å². The van der Waals surface area contributed by atoms with Gasteiger partial charge in [0.1, 0.15) is 17.8 Å². The number of hydrogen-bond acceptors (Lipinski definition) is 7. The van der Waals surface area contributed by atoms with Crippen LogP contribution in [0.1, 0.15) is 0 Å². The normalized spacial score (nSPS) is 15.4. The van der Waals surface area contributed by atoms with Crippen LogP contribution in [0.25, 0.3) is 11.0 Å². The van der Waals surface area contributed by atoms with Gasteiger partial charge in [-0.3, -0.25) is 9.69 Å². The van der Waals surface area contributed by atoms with Crippen LogP contribution in [0.2, 0.25) is 0 Å². The average molecular weight is 444 g/mol. The fourth-order valence-electron chi connectivity index (χ4n) is 3.64. The molecule has 2 N–H and O–H groups in total. The largest absolute Gasteiger partial charge is 0.353 e. The van der Waals surface area contributed by atoms with Gasteiger partial charge in [0, 0.05) is 45.1 Å². The SMILES string of the molecule is CNS(=O)(=O)c1ccc(N(C)C(=O)CN2CCN(c3ncnc4[nH]ccc34)CC2)cc1. The number of carbonyl (C=O) groups excluding carboxylic acids is 1. The first-order chi connectivity index (χ1) is 14.9. The highest BCUT2D eigenvalue weighted by molar-refractivity contribution is 7.89. The van der Waals surface area contributed by atoms with E-state index < -0.39 is 10.0 Å². The number of amides is 1. The zero-order valence-corrected chi connectivity index (χ0v) is 18.3. The highest BCUT2D eigenvalue weighted by atomic mass is 32.2. The molecule has 11 heteroatoms. The van der Waals surface area contributed by atoms with E-state index in [2.05, 4.69) is 29.5 Å². The zero-order valence-electron chi connectivity index (χ0n) is 17.4. The van der Waals surface area contributed by atoms with Crippen molar-refractivity contribution < 1.29 is 13.2 Å². The van der Waals surface area contributed by atoms with Crippen molar-refractivity contribution >= 4 is 38.5 Å². The Bertz CT molecular complexity index is 1170. The Labute approximate surface area is 180 Å². The number of H-pyrrole nitrogens is 1. The number of piperazine rings is 1. The van der Waals surface area contributed by atoms with Crippen molar-refractivity contribution in [3.05, 3.63) is 42.9 Å². The van der Waals surface area contributed by atoms with Crippen molar-refractivity contribution in [3.63, 3.8) is 0 Å². The number of nitrogens with one attached hydrogen (secondary N) is 2. The van der Waals surface area contributed by atoms with E-state index in [1.54, 1.807) is 30.4 Å². The van der Waals surface area contributed by atoms with Crippen molar-refractivity contribution in [1.82, 2.24) is 24.6 Å². The molecule has 1 amide bonds. The van der Waals surface area contributed by atoms with Gasteiger partial charge < -0.3 is 14.8 Å². The van der Waals surface area contributed by atoms with E-state index in [1.165, 1.54) is 19.2 Å². The third-order valence-corrected chi connectivity index (χ3v) is 6.97. The highest BCUT2D eigenvalue weighted by Gasteiger charge is 2.23. The lowest BCUT2D eigenvalue weighted by Gasteiger charge is -2.35. The van der Waals surface area contributed by atoms with Crippen LogP contribution in [0.4, 0.5) is 11.5 Å². The van der Waals surface area contributed by atoms with E-state index in [0.717, 1.165) is 43.0 Å². The van der Waals surface area contributed by atoms with Crippen LogP contribution in [0.15, 0.2) is 47.8 Å². The smallest absolute Gasteiger partial charge is 0.240 e. The van der Waals surface area contributed by atoms with E-state index in [4.69, 9.17) is 0 Å². The van der Waals surface area contributed by atoms with Gasteiger partial charge in [-0.25, -0.2) is 23.1 Å². The minimum Gasteiger partial charge on any atom is -0.353 e. The number of nitrogens with zero attached hydrogens (tertiary/aromatic N) is 5. The summed E-state index contributed by atoms with van der Waals surface area (Å²) in [6.45, 7) is 3.32. The van der Waals surface area contributed by atoms with Crippen LogP contribution in [0.5, 0.6) is 0 Å². The molecule has 1 aromatic carbocycles. The third kappa shape index (κ3) is 4.38. The van der Waals surface area contributed by atoms with Crippen molar-refractivity contribution in [2.45, 2.75) is 4.90 Å². The maximum Gasteiger partial charge on any atom is 0.240 e. The third-order valence-electron chi connectivity index (χ3n) is 5.54. The molecule has 0 radical (unpaired) electrons. The van der Waals surface area contributed by atoms with E-state index in [1.807, 2.05) is 12.3 Å². The fourth-order valence-corrected chi connectivity index (χ4v) is 4.37. The maximum atomic E-state index is 12.8. The lowest BCUT2D eigenvalue weighted by Crippen LogP contribution is -2.50. The van der Waals surface area contributed by atoms with Crippen molar-refractivity contribution in [1.29, 1.82) is 0 Å². The van der Waals surface area contributed by atoms with Gasteiger partial charge in [-0.05, 0) is 37.4 Å². The van der Waals surface area contributed by atoms with E-state index in [0.29, 0.717) is 12.2 Å². The molecule has 0 bridgehead atoms. The van der Waals surface area contributed by atoms with E-state index in [-0.39, 0.29) is 10.8 Å². The number of aromatic amines is 1. The molecule has 0 unspecified atom stereocenters. The van der Waals surface area contributed by atoms with Gasteiger partial charge in [-0.2, -0.15) is 0 Å². The predicted octanol–water partition coefficient (Wildman–Crippen LogP) is 0.651. The van der Waals surface area contributed by atoms with Crippen molar-refractivity contribution in [2.24, 2.45) is 0 Å². The number of sulfonamides is 1. The quantitative estimate of drug-likeness (QED) is 0.575. The molecule has 1 aliphatic rings. The van der Waals surface area contributed by atoms with Crippen molar-refractivity contribution in [2.75, 3.05) is 56.6 Å². The van der Waals surface area contributed by atoms with Crippen LogP contribution in [-0.4, -0.2) is 81.0 Å². The molecule has 1 aliphatic heterocycles. The molecule has 0 saturated carbocycles. The van der Waals surface area contributed by atoms with Crippen molar-refractivity contribution in [3.8, 4) is 0 Å². The van der Waals surface area contributed by atoms with Gasteiger partial charge in [0.15, 0.2) is 0 Å². The molecule has 3 aromatic rings. The molecule has 4 rings (SSSR count). The number of fused-ring (bicyclic) bond motifs is 1. The second-order valence-corrected chi connectivity index (χ2v) is 9.24. The number of benzene rings is 1. The summed E-state index contributed by atoms with van der Waals surface area (Å²) in [5, 5.41) is 0.996. The summed E-state index contributed by atoms with van der Waals surface area (Å²) in [5.41, 5.74) is 1.47. The number of likely N-dealkylation sites (N-methyl/N-ethyl adjacent to an activating group) is 1. The summed E-state index contributed by atoms with van der Waals surface area (Å²) >= 11 is 0. The molecule has 2 aromatic heterocycles. The van der Waals surface area contributed by atoms with Gasteiger partial charge >= 0.3 is 0 Å². The molecule has 1 fully saturated rings. The van der Waals surface area contributed by atoms with E-state index >= 15 is 0 Å². The maximum absolute atomic E-state index is 12.8. The van der Waals surface area contributed by atoms with Gasteiger partial charge in [-0.1, -0.05) is 0 Å². The van der Waals surface area contributed by atoms with Gasteiger partial charge in [0.25, 0.3) is 0 Å². The number of aromatic nitrogens is 3. The molecule has 164 valence electrons. The number of carbonyl (C=O) groups is 1. The van der Waals surface area contributed by atoms with Gasteiger partial charge in [-0.15, -0.1) is 0 Å². The lowest BCUT2D eigenvalue weighted by atomic mass is 10.2. The molecule has 10 nitrogen and oxygen atoms in total. The molecule has 3 heterocycles. The second kappa shape index (κ2) is 8.61. The van der Waals surface area contributed by atoms with E-state index in [9.17, 15) is 13.2 Å². The molecule has 31 heavy (non-hydrogen) atoms. The Kier molecular flexibility index (Phi) is 5.90. The summed E-state index contributed by atoms with van der Waals surface area (Å²) in [7, 11) is -0.436. The summed E-state index contributed by atoms with van der Waals surface area (Å²) in [4.78, 5) is 30.6. The minimum absolute atomic E-state index is 0.0484. The second-order valence-electron chi connectivity index (χ2n) is 7.35. The molecule has 0 atom stereocenters. The number of anilines is 2. The fraction of sp³-hybridized carbons (Fsp3) is 0.350. The van der Waals surface area contributed by atoms with Gasteiger partial charge in [0.2, 0.25) is 15.9 Å². The first-order valence-electron chi connectivity index (χ1n) is 9.94. The van der Waals surface area contributed by atoms with Crippen LogP contribution >= 0.6 is 0 Å². The van der Waals surface area contributed by atoms with Crippen LogP contribution in [0.3, 0.4) is 0 Å². The minimum atomic E-state index is -3.50.